The van der Waals surface area contributed by atoms with Gasteiger partial charge in [-0.2, -0.15) is 0 Å². The molecule has 30 heavy (non-hydrogen) atoms. The Labute approximate surface area is 181 Å². The molecule has 2 aromatic carbocycles. The average Bonchev–Trinajstić information content (AvgIpc) is 2.72. The molecule has 0 aliphatic carbocycles. The Morgan fingerprint density at radius 2 is 1.80 bits per heavy atom. The van der Waals surface area contributed by atoms with Crippen LogP contribution in [0.2, 0.25) is 0 Å². The van der Waals surface area contributed by atoms with Gasteiger partial charge in [0.25, 0.3) is 0 Å². The Balaban J connectivity index is 1.93. The maximum absolute atomic E-state index is 10.4. The van der Waals surface area contributed by atoms with E-state index in [1.54, 1.807) is 7.11 Å². The summed E-state index contributed by atoms with van der Waals surface area (Å²) in [7, 11) is 3.63. The molecule has 1 N–H and O–H groups in total. The summed E-state index contributed by atoms with van der Waals surface area (Å²) < 4.78 is 11.4. The van der Waals surface area contributed by atoms with Crippen LogP contribution in [0.15, 0.2) is 60.7 Å². The summed E-state index contributed by atoms with van der Waals surface area (Å²) in [5.74, 6) is 1.33. The van der Waals surface area contributed by atoms with Gasteiger partial charge < -0.3 is 14.6 Å². The van der Waals surface area contributed by atoms with E-state index in [9.17, 15) is 5.11 Å². The van der Waals surface area contributed by atoms with Crippen LogP contribution >= 0.6 is 0 Å². The van der Waals surface area contributed by atoms with Gasteiger partial charge in [-0.15, -0.1) is 0 Å². The summed E-state index contributed by atoms with van der Waals surface area (Å²) in [5, 5.41) is 10.4. The van der Waals surface area contributed by atoms with Gasteiger partial charge in [-0.05, 0) is 43.8 Å². The van der Waals surface area contributed by atoms with Crippen molar-refractivity contribution in [3.8, 4) is 11.5 Å². The van der Waals surface area contributed by atoms with Crippen LogP contribution in [0.3, 0.4) is 0 Å². The first-order valence-electron chi connectivity index (χ1n) is 10.5. The Hall–Kier alpha value is -2.34. The van der Waals surface area contributed by atoms with Crippen LogP contribution in [0.25, 0.3) is 0 Å². The van der Waals surface area contributed by atoms with E-state index in [0.29, 0.717) is 18.0 Å². The summed E-state index contributed by atoms with van der Waals surface area (Å²) in [6.45, 7) is 12.3. The first-order chi connectivity index (χ1) is 14.4. The van der Waals surface area contributed by atoms with Crippen LogP contribution < -0.4 is 9.47 Å². The van der Waals surface area contributed by atoms with Gasteiger partial charge in [0.2, 0.25) is 0 Å². The first kappa shape index (κ1) is 23.9. The minimum absolute atomic E-state index is 0.211. The van der Waals surface area contributed by atoms with Crippen LogP contribution in [-0.4, -0.2) is 61.4 Å². The number of methoxy groups -OCH3 is 1. The highest BCUT2D eigenvalue weighted by molar-refractivity contribution is 5.43. The zero-order valence-electron chi connectivity index (χ0n) is 18.8. The molecule has 164 valence electrons. The zero-order chi connectivity index (χ0) is 21.9. The van der Waals surface area contributed by atoms with Crippen molar-refractivity contribution in [3.63, 3.8) is 0 Å². The molecule has 1 atom stereocenters. The van der Waals surface area contributed by atoms with Crippen molar-refractivity contribution in [1.82, 2.24) is 9.80 Å². The van der Waals surface area contributed by atoms with E-state index in [4.69, 9.17) is 9.47 Å². The molecule has 5 nitrogen and oxygen atoms in total. The Morgan fingerprint density at radius 3 is 2.43 bits per heavy atom. The molecule has 0 spiro atoms. The quantitative estimate of drug-likeness (QED) is 0.505. The lowest BCUT2D eigenvalue weighted by Gasteiger charge is -2.23. The fraction of sp³-hybridized carbons (Fsp3) is 0.440. The van der Waals surface area contributed by atoms with Crippen LogP contribution in [0.4, 0.5) is 0 Å². The third kappa shape index (κ3) is 8.19. The zero-order valence-corrected chi connectivity index (χ0v) is 18.8. The highest BCUT2D eigenvalue weighted by atomic mass is 16.5. The topological polar surface area (TPSA) is 45.2 Å². The van der Waals surface area contributed by atoms with E-state index in [1.165, 1.54) is 5.56 Å². The van der Waals surface area contributed by atoms with Crippen molar-refractivity contribution < 1.29 is 14.6 Å². The summed E-state index contributed by atoms with van der Waals surface area (Å²) in [6.07, 6.45) is -0.595. The maximum Gasteiger partial charge on any atom is 0.161 e. The van der Waals surface area contributed by atoms with Crippen molar-refractivity contribution in [2.45, 2.75) is 33.0 Å². The second-order valence-corrected chi connectivity index (χ2v) is 7.89. The van der Waals surface area contributed by atoms with Gasteiger partial charge in [-0.25, -0.2) is 0 Å². The molecular formula is C25H36N2O3. The number of hydrogen-bond acceptors (Lipinski definition) is 5. The fourth-order valence-corrected chi connectivity index (χ4v) is 3.41. The monoisotopic (exact) mass is 412 g/mol. The smallest absolute Gasteiger partial charge is 0.161 e. The van der Waals surface area contributed by atoms with Gasteiger partial charge >= 0.3 is 0 Å². The Kier molecular flexibility index (Phi) is 9.87. The van der Waals surface area contributed by atoms with Crippen molar-refractivity contribution in [1.29, 1.82) is 0 Å². The molecule has 0 aromatic heterocycles. The number of rotatable bonds is 13. The van der Waals surface area contributed by atoms with Crippen LogP contribution in [-0.2, 0) is 13.1 Å². The van der Waals surface area contributed by atoms with Crippen molar-refractivity contribution >= 4 is 0 Å². The highest BCUT2D eigenvalue weighted by Gasteiger charge is 2.13. The molecule has 5 heteroatoms. The third-order valence-corrected chi connectivity index (χ3v) is 4.82. The maximum atomic E-state index is 10.4. The summed E-state index contributed by atoms with van der Waals surface area (Å²) >= 11 is 0. The summed E-state index contributed by atoms with van der Waals surface area (Å²) in [6, 6.07) is 16.2. The molecule has 0 heterocycles. The van der Waals surface area contributed by atoms with Crippen molar-refractivity contribution in [3.05, 3.63) is 71.8 Å². The number of nitrogens with zero attached hydrogens (tertiary/aromatic N) is 2. The molecule has 0 amide bonds. The molecule has 0 radical (unpaired) electrons. The molecule has 0 saturated carbocycles. The molecule has 2 rings (SSSR count). The Morgan fingerprint density at radius 1 is 1.07 bits per heavy atom. The number of hydrogen-bond donors (Lipinski definition) is 1. The largest absolute Gasteiger partial charge is 0.493 e. The van der Waals surface area contributed by atoms with Crippen molar-refractivity contribution in [2.24, 2.45) is 0 Å². The highest BCUT2D eigenvalue weighted by Crippen LogP contribution is 2.29. The average molecular weight is 413 g/mol. The number of aliphatic hydroxyl groups excluding tert-OH is 1. The van der Waals surface area contributed by atoms with Gasteiger partial charge in [0.05, 0.1) is 7.11 Å². The molecule has 0 saturated heterocycles. The summed E-state index contributed by atoms with van der Waals surface area (Å²) in [5.41, 5.74) is 3.51. The van der Waals surface area contributed by atoms with E-state index >= 15 is 0 Å². The van der Waals surface area contributed by atoms with E-state index in [1.807, 2.05) is 44.3 Å². The number of benzene rings is 2. The third-order valence-electron chi connectivity index (χ3n) is 4.82. The minimum Gasteiger partial charge on any atom is -0.493 e. The first-order valence-corrected chi connectivity index (χ1v) is 10.5. The van der Waals surface area contributed by atoms with Gasteiger partial charge in [0.15, 0.2) is 11.5 Å². The van der Waals surface area contributed by atoms with Crippen LogP contribution in [0.5, 0.6) is 11.5 Å². The molecule has 2 aromatic rings. The van der Waals surface area contributed by atoms with Gasteiger partial charge in [0.1, 0.15) is 12.7 Å². The molecule has 0 unspecified atom stereocenters. The molecule has 0 aliphatic rings. The normalized spacial score (nSPS) is 12.2. The number of ether oxygens (including phenoxy) is 2. The lowest BCUT2D eigenvalue weighted by molar-refractivity contribution is 0.0732. The number of aliphatic hydroxyl groups is 1. The second-order valence-electron chi connectivity index (χ2n) is 7.89. The van der Waals surface area contributed by atoms with Gasteiger partial charge in [-0.1, -0.05) is 55.5 Å². The standard InChI is InChI=1S/C25H36N2O3/c1-6-27(15-20(2)3)17-22-12-13-24(29-5)25(14-22)30-19-23(28)18-26(4)16-21-10-8-7-9-11-21/h7-14,23,28H,2,6,15-19H2,1,3-5H3/t23-/m1/s1. The summed E-state index contributed by atoms with van der Waals surface area (Å²) in [4.78, 5) is 4.41. The second kappa shape index (κ2) is 12.4. The van der Waals surface area contributed by atoms with E-state index in [-0.39, 0.29) is 6.61 Å². The minimum atomic E-state index is -0.595. The van der Waals surface area contributed by atoms with Crippen molar-refractivity contribution in [2.75, 3.05) is 40.4 Å². The number of likely N-dealkylation sites (N-methyl/N-ethyl adjacent to an activating group) is 2. The Bertz CT molecular complexity index is 779. The van der Waals surface area contributed by atoms with Crippen LogP contribution in [0.1, 0.15) is 25.0 Å². The van der Waals surface area contributed by atoms with E-state index in [0.717, 1.165) is 37.3 Å². The lowest BCUT2D eigenvalue weighted by atomic mass is 10.1. The van der Waals surface area contributed by atoms with Gasteiger partial charge in [0, 0.05) is 26.2 Å². The predicted molar refractivity (Wildman–Crippen MR) is 123 cm³/mol. The van der Waals surface area contributed by atoms with Gasteiger partial charge in [-0.3, -0.25) is 9.80 Å². The molecule has 0 bridgehead atoms. The molecule has 0 aliphatic heterocycles. The van der Waals surface area contributed by atoms with E-state index < -0.39 is 6.10 Å². The lowest BCUT2D eigenvalue weighted by Crippen LogP contribution is -2.32. The molecular weight excluding hydrogens is 376 g/mol. The fourth-order valence-electron chi connectivity index (χ4n) is 3.41. The molecule has 0 fully saturated rings. The predicted octanol–water partition coefficient (Wildman–Crippen LogP) is 3.96. The van der Waals surface area contributed by atoms with Crippen LogP contribution in [0, 0.1) is 0 Å². The SMILES string of the molecule is C=C(C)CN(CC)Cc1ccc(OC)c(OC[C@H](O)CN(C)Cc2ccccc2)c1. The van der Waals surface area contributed by atoms with E-state index in [2.05, 4.69) is 41.5 Å².